The van der Waals surface area contributed by atoms with Crippen molar-refractivity contribution in [3.05, 3.63) is 92.9 Å². The van der Waals surface area contributed by atoms with E-state index in [-0.39, 0.29) is 29.2 Å². The summed E-state index contributed by atoms with van der Waals surface area (Å²) in [6.07, 6.45) is 1.31. The number of carbonyl (C=O) groups excluding carboxylic acids is 2. The summed E-state index contributed by atoms with van der Waals surface area (Å²) >= 11 is 0. The summed E-state index contributed by atoms with van der Waals surface area (Å²) in [4.78, 5) is 53.4. The van der Waals surface area contributed by atoms with Gasteiger partial charge in [-0.05, 0) is 24.3 Å². The van der Waals surface area contributed by atoms with E-state index in [0.717, 1.165) is 4.57 Å². The molecule has 0 fully saturated rings. The van der Waals surface area contributed by atoms with Gasteiger partial charge in [-0.2, -0.15) is 0 Å². The first-order chi connectivity index (χ1) is 14.9. The van der Waals surface area contributed by atoms with Crippen LogP contribution in [0, 0.1) is 0 Å². The SMILES string of the molecule is Cn1c(=O)c2c(ncn2CC(=O)Oc2ccc(C(=O)c3ccccc3)cc2)n(C)c1=O. The van der Waals surface area contributed by atoms with Crippen LogP contribution in [0.25, 0.3) is 11.2 Å². The molecule has 0 radical (unpaired) electrons. The predicted octanol–water partition coefficient (Wildman–Crippen LogP) is 1.27. The lowest BCUT2D eigenvalue weighted by atomic mass is 10.0. The lowest BCUT2D eigenvalue weighted by Crippen LogP contribution is -2.37. The first-order valence-corrected chi connectivity index (χ1v) is 9.38. The minimum Gasteiger partial charge on any atom is -0.425 e. The number of hydrogen-bond acceptors (Lipinski definition) is 6. The molecule has 0 spiro atoms. The smallest absolute Gasteiger partial charge is 0.332 e. The van der Waals surface area contributed by atoms with Gasteiger partial charge in [-0.1, -0.05) is 30.3 Å². The number of benzene rings is 2. The number of fused-ring (bicyclic) bond motifs is 1. The zero-order valence-corrected chi connectivity index (χ0v) is 16.8. The number of hydrogen-bond donors (Lipinski definition) is 0. The van der Waals surface area contributed by atoms with E-state index >= 15 is 0 Å². The van der Waals surface area contributed by atoms with Crippen molar-refractivity contribution < 1.29 is 14.3 Å². The highest BCUT2D eigenvalue weighted by Gasteiger charge is 2.17. The molecule has 0 aliphatic rings. The van der Waals surface area contributed by atoms with Crippen LogP contribution in [-0.4, -0.2) is 30.4 Å². The Balaban J connectivity index is 1.52. The Bertz CT molecular complexity index is 1410. The molecule has 31 heavy (non-hydrogen) atoms. The fraction of sp³-hybridized carbons (Fsp3) is 0.136. The Morgan fingerprint density at radius 2 is 1.55 bits per heavy atom. The van der Waals surface area contributed by atoms with Crippen molar-refractivity contribution in [3.63, 3.8) is 0 Å². The van der Waals surface area contributed by atoms with E-state index in [0.29, 0.717) is 11.1 Å². The second-order valence-corrected chi connectivity index (χ2v) is 6.94. The van der Waals surface area contributed by atoms with Gasteiger partial charge in [-0.25, -0.2) is 14.6 Å². The van der Waals surface area contributed by atoms with Crippen LogP contribution >= 0.6 is 0 Å². The lowest BCUT2D eigenvalue weighted by molar-refractivity contribution is -0.135. The van der Waals surface area contributed by atoms with E-state index in [1.807, 2.05) is 6.07 Å². The van der Waals surface area contributed by atoms with Gasteiger partial charge < -0.3 is 9.30 Å². The normalized spacial score (nSPS) is 10.9. The molecule has 2 aromatic heterocycles. The number of esters is 1. The number of rotatable bonds is 5. The maximum Gasteiger partial charge on any atom is 0.332 e. The van der Waals surface area contributed by atoms with E-state index < -0.39 is 17.2 Å². The Kier molecular flexibility index (Phi) is 5.08. The van der Waals surface area contributed by atoms with E-state index in [2.05, 4.69) is 4.98 Å². The number of imidazole rings is 1. The predicted molar refractivity (Wildman–Crippen MR) is 112 cm³/mol. The Morgan fingerprint density at radius 1 is 0.903 bits per heavy atom. The number of ketones is 1. The van der Waals surface area contributed by atoms with E-state index in [9.17, 15) is 19.2 Å². The summed E-state index contributed by atoms with van der Waals surface area (Å²) in [5.41, 5.74) is 0.295. The van der Waals surface area contributed by atoms with Crippen LogP contribution in [0.1, 0.15) is 15.9 Å². The topological polar surface area (TPSA) is 105 Å². The molecule has 0 N–H and O–H groups in total. The largest absolute Gasteiger partial charge is 0.425 e. The first kappa shape index (κ1) is 20.0. The van der Waals surface area contributed by atoms with Gasteiger partial charge in [0.15, 0.2) is 16.9 Å². The monoisotopic (exact) mass is 418 g/mol. The lowest BCUT2D eigenvalue weighted by Gasteiger charge is -2.08. The zero-order valence-electron chi connectivity index (χ0n) is 16.8. The molecule has 0 saturated heterocycles. The summed E-state index contributed by atoms with van der Waals surface area (Å²) in [5, 5.41) is 0. The second-order valence-electron chi connectivity index (χ2n) is 6.94. The molecule has 0 atom stereocenters. The molecule has 2 heterocycles. The molecule has 9 heteroatoms. The van der Waals surface area contributed by atoms with Crippen LogP contribution in [0.15, 0.2) is 70.5 Å². The molecule has 0 unspecified atom stereocenters. The van der Waals surface area contributed by atoms with E-state index in [4.69, 9.17) is 4.74 Å². The van der Waals surface area contributed by atoms with Gasteiger partial charge in [-0.15, -0.1) is 0 Å². The third kappa shape index (κ3) is 3.68. The average Bonchev–Trinajstić information content (AvgIpc) is 3.20. The zero-order chi connectivity index (χ0) is 22.1. The van der Waals surface area contributed by atoms with E-state index in [1.165, 1.54) is 41.7 Å². The molecule has 0 bridgehead atoms. The Labute approximate surface area is 175 Å². The summed E-state index contributed by atoms with van der Waals surface area (Å²) in [5.74, 6) is -0.499. The molecule has 0 aliphatic heterocycles. The van der Waals surface area contributed by atoms with Gasteiger partial charge in [0.25, 0.3) is 5.56 Å². The standard InChI is InChI=1S/C22H18N4O5/c1-24-20-18(21(29)25(2)22(24)30)26(13-23-20)12-17(27)31-16-10-8-15(9-11-16)19(28)14-6-4-3-5-7-14/h3-11,13H,12H2,1-2H3. The van der Waals surface area contributed by atoms with Crippen molar-refractivity contribution in [3.8, 4) is 5.75 Å². The molecule has 2 aromatic carbocycles. The molecule has 9 nitrogen and oxygen atoms in total. The minimum absolute atomic E-state index is 0.130. The Hall–Kier alpha value is -4.27. The molecule has 0 amide bonds. The highest BCUT2D eigenvalue weighted by atomic mass is 16.5. The van der Waals surface area contributed by atoms with Crippen LogP contribution in [0.2, 0.25) is 0 Å². The first-order valence-electron chi connectivity index (χ1n) is 9.38. The Morgan fingerprint density at radius 3 is 2.23 bits per heavy atom. The number of aryl methyl sites for hydroxylation is 1. The van der Waals surface area contributed by atoms with Crippen LogP contribution in [-0.2, 0) is 25.4 Å². The molecular weight excluding hydrogens is 400 g/mol. The number of ether oxygens (including phenoxy) is 1. The van der Waals surface area contributed by atoms with Crippen molar-refractivity contribution in [1.82, 2.24) is 18.7 Å². The van der Waals surface area contributed by atoms with Gasteiger partial charge in [0.2, 0.25) is 0 Å². The van der Waals surface area contributed by atoms with Crippen molar-refractivity contribution >= 4 is 22.9 Å². The maximum atomic E-state index is 12.5. The van der Waals surface area contributed by atoms with Crippen LogP contribution < -0.4 is 16.0 Å². The van der Waals surface area contributed by atoms with Crippen molar-refractivity contribution in [2.24, 2.45) is 14.1 Å². The van der Waals surface area contributed by atoms with Crippen molar-refractivity contribution in [2.75, 3.05) is 0 Å². The average molecular weight is 418 g/mol. The van der Waals surface area contributed by atoms with Crippen LogP contribution in [0.3, 0.4) is 0 Å². The number of carbonyl (C=O) groups is 2. The molecular formula is C22H18N4O5. The fourth-order valence-electron chi connectivity index (χ4n) is 3.25. The second kappa shape index (κ2) is 7.86. The van der Waals surface area contributed by atoms with Gasteiger partial charge in [0.1, 0.15) is 12.3 Å². The molecule has 0 saturated carbocycles. The molecule has 0 aliphatic carbocycles. The quantitative estimate of drug-likeness (QED) is 0.275. The van der Waals surface area contributed by atoms with Gasteiger partial charge in [0.05, 0.1) is 6.33 Å². The summed E-state index contributed by atoms with van der Waals surface area (Å²) in [6.45, 7) is -0.269. The molecule has 4 rings (SSSR count). The number of nitrogens with zero attached hydrogens (tertiary/aromatic N) is 4. The highest BCUT2D eigenvalue weighted by Crippen LogP contribution is 2.16. The highest BCUT2D eigenvalue weighted by molar-refractivity contribution is 6.09. The van der Waals surface area contributed by atoms with Crippen molar-refractivity contribution in [2.45, 2.75) is 6.54 Å². The minimum atomic E-state index is -0.627. The van der Waals surface area contributed by atoms with Crippen LogP contribution in [0.4, 0.5) is 0 Å². The van der Waals surface area contributed by atoms with Crippen LogP contribution in [0.5, 0.6) is 5.75 Å². The van der Waals surface area contributed by atoms with Gasteiger partial charge >= 0.3 is 11.7 Å². The summed E-state index contributed by atoms with van der Waals surface area (Å²) < 4.78 is 8.85. The fourth-order valence-corrected chi connectivity index (χ4v) is 3.25. The summed E-state index contributed by atoms with van der Waals surface area (Å²) in [7, 11) is 2.86. The van der Waals surface area contributed by atoms with Crippen molar-refractivity contribution in [1.29, 1.82) is 0 Å². The number of aromatic nitrogens is 4. The summed E-state index contributed by atoms with van der Waals surface area (Å²) in [6, 6.07) is 15.1. The third-order valence-corrected chi connectivity index (χ3v) is 4.90. The van der Waals surface area contributed by atoms with Gasteiger partial charge in [0, 0.05) is 25.2 Å². The third-order valence-electron chi connectivity index (χ3n) is 4.90. The van der Waals surface area contributed by atoms with E-state index in [1.54, 1.807) is 36.4 Å². The maximum absolute atomic E-state index is 12.5. The molecule has 156 valence electrons. The van der Waals surface area contributed by atoms with Gasteiger partial charge in [-0.3, -0.25) is 18.7 Å². The molecule has 4 aromatic rings.